The van der Waals surface area contributed by atoms with E-state index in [4.69, 9.17) is 11.6 Å². The van der Waals surface area contributed by atoms with Crippen LogP contribution in [-0.4, -0.2) is 28.8 Å². The third kappa shape index (κ3) is 2.94. The van der Waals surface area contributed by atoms with Gasteiger partial charge >= 0.3 is 0 Å². The molecule has 1 aliphatic rings. The van der Waals surface area contributed by atoms with Crippen molar-refractivity contribution in [3.63, 3.8) is 0 Å². The third-order valence-corrected chi connectivity index (χ3v) is 3.16. The second-order valence-electron chi connectivity index (χ2n) is 4.62. The maximum atomic E-state index is 10.4. The second kappa shape index (κ2) is 4.70. The number of halogens is 1. The summed E-state index contributed by atoms with van der Waals surface area (Å²) in [5.74, 6) is 0. The number of aryl methyl sites for hydroxylation is 1. The molecule has 1 fully saturated rings. The molecule has 16 heavy (non-hydrogen) atoms. The van der Waals surface area contributed by atoms with Crippen LogP contribution in [0.1, 0.15) is 24.1 Å². The Bertz CT molecular complexity index is 355. The number of aromatic nitrogens is 1. The van der Waals surface area contributed by atoms with Gasteiger partial charge in [-0.2, -0.15) is 0 Å². The Kier molecular flexibility index (Phi) is 3.47. The molecule has 1 aliphatic heterocycles. The van der Waals surface area contributed by atoms with Gasteiger partial charge in [0, 0.05) is 18.7 Å². The van der Waals surface area contributed by atoms with E-state index < -0.39 is 5.60 Å². The molecule has 3 nitrogen and oxygen atoms in total. The number of piperidine rings is 1. The van der Waals surface area contributed by atoms with E-state index in [2.05, 4.69) is 10.3 Å². The van der Waals surface area contributed by atoms with Crippen LogP contribution >= 0.6 is 11.6 Å². The van der Waals surface area contributed by atoms with Gasteiger partial charge in [0.05, 0.1) is 5.60 Å². The predicted octanol–water partition coefficient (Wildman–Crippen LogP) is 1.70. The molecule has 2 heterocycles. The monoisotopic (exact) mass is 240 g/mol. The maximum Gasteiger partial charge on any atom is 0.129 e. The average Bonchev–Trinajstić information content (AvgIpc) is 2.15. The molecular formula is C12H17ClN2O. The van der Waals surface area contributed by atoms with E-state index in [0.717, 1.165) is 30.6 Å². The first-order chi connectivity index (χ1) is 7.57. The number of β-amino-alcohol motifs (C(OH)–C–C–N with tert-alkyl or cyclic N) is 1. The third-order valence-electron chi connectivity index (χ3n) is 2.96. The Balaban J connectivity index is 2.13. The molecule has 88 valence electrons. The Morgan fingerprint density at radius 1 is 1.56 bits per heavy atom. The van der Waals surface area contributed by atoms with Crippen molar-refractivity contribution in [2.75, 3.05) is 13.1 Å². The fraction of sp³-hybridized carbons (Fsp3) is 0.583. The first-order valence-corrected chi connectivity index (χ1v) is 6.01. The summed E-state index contributed by atoms with van der Waals surface area (Å²) >= 11 is 5.90. The summed E-state index contributed by atoms with van der Waals surface area (Å²) in [5.41, 5.74) is 1.33. The van der Waals surface area contributed by atoms with Crippen LogP contribution in [0, 0.1) is 6.92 Å². The fourth-order valence-corrected chi connectivity index (χ4v) is 2.55. The van der Waals surface area contributed by atoms with Gasteiger partial charge in [0.25, 0.3) is 0 Å². The van der Waals surface area contributed by atoms with Gasteiger partial charge in [-0.25, -0.2) is 4.98 Å². The SMILES string of the molecule is Cc1cc(CC2(O)CCCNC2)cc(Cl)n1. The fourth-order valence-electron chi connectivity index (χ4n) is 2.28. The molecule has 1 unspecified atom stereocenters. The first kappa shape index (κ1) is 11.8. The van der Waals surface area contributed by atoms with Gasteiger partial charge in [0.1, 0.15) is 5.15 Å². The number of nitrogens with zero attached hydrogens (tertiary/aromatic N) is 1. The molecule has 0 saturated carbocycles. The number of hydrogen-bond acceptors (Lipinski definition) is 3. The maximum absolute atomic E-state index is 10.4. The minimum Gasteiger partial charge on any atom is -0.388 e. The summed E-state index contributed by atoms with van der Waals surface area (Å²) < 4.78 is 0. The van der Waals surface area contributed by atoms with Crippen molar-refractivity contribution >= 4 is 11.6 Å². The van der Waals surface area contributed by atoms with Gasteiger partial charge < -0.3 is 10.4 Å². The van der Waals surface area contributed by atoms with Crippen molar-refractivity contribution in [2.45, 2.75) is 31.8 Å². The highest BCUT2D eigenvalue weighted by molar-refractivity contribution is 6.29. The number of rotatable bonds is 2. The summed E-state index contributed by atoms with van der Waals surface area (Å²) in [5, 5.41) is 14.1. The summed E-state index contributed by atoms with van der Waals surface area (Å²) in [6.45, 7) is 3.57. The molecule has 2 rings (SSSR count). The molecular weight excluding hydrogens is 224 g/mol. The molecule has 1 aromatic rings. The van der Waals surface area contributed by atoms with Gasteiger partial charge in [-0.1, -0.05) is 11.6 Å². The molecule has 0 spiro atoms. The Labute approximate surface area is 101 Å². The largest absolute Gasteiger partial charge is 0.388 e. The molecule has 0 radical (unpaired) electrons. The molecule has 0 bridgehead atoms. The minimum absolute atomic E-state index is 0.502. The molecule has 1 atom stereocenters. The van der Waals surface area contributed by atoms with Crippen LogP contribution in [0.3, 0.4) is 0 Å². The Hall–Kier alpha value is -0.640. The van der Waals surface area contributed by atoms with Crippen LogP contribution in [0.5, 0.6) is 0 Å². The van der Waals surface area contributed by atoms with Crippen molar-refractivity contribution in [2.24, 2.45) is 0 Å². The van der Waals surface area contributed by atoms with Crippen LogP contribution in [0.15, 0.2) is 12.1 Å². The summed E-state index contributed by atoms with van der Waals surface area (Å²) in [7, 11) is 0. The van der Waals surface area contributed by atoms with Crippen LogP contribution in [0.25, 0.3) is 0 Å². The van der Waals surface area contributed by atoms with Gasteiger partial charge in [-0.15, -0.1) is 0 Å². The normalized spacial score (nSPS) is 25.7. The average molecular weight is 241 g/mol. The molecule has 0 aromatic carbocycles. The van der Waals surface area contributed by atoms with Crippen molar-refractivity contribution < 1.29 is 5.11 Å². The highest BCUT2D eigenvalue weighted by atomic mass is 35.5. The van der Waals surface area contributed by atoms with Crippen LogP contribution < -0.4 is 5.32 Å². The molecule has 1 saturated heterocycles. The molecule has 0 aliphatic carbocycles. The Morgan fingerprint density at radius 3 is 3.00 bits per heavy atom. The standard InChI is InChI=1S/C12H17ClN2O/c1-9-5-10(6-11(13)15-9)7-12(16)3-2-4-14-8-12/h5-6,14,16H,2-4,7-8H2,1H3. The zero-order valence-corrected chi connectivity index (χ0v) is 10.2. The smallest absolute Gasteiger partial charge is 0.129 e. The lowest BCUT2D eigenvalue weighted by Gasteiger charge is -2.32. The van der Waals surface area contributed by atoms with E-state index in [-0.39, 0.29) is 0 Å². The number of hydrogen-bond donors (Lipinski definition) is 2. The van der Waals surface area contributed by atoms with E-state index >= 15 is 0 Å². The number of aliphatic hydroxyl groups is 1. The zero-order chi connectivity index (χ0) is 11.6. The van der Waals surface area contributed by atoms with E-state index in [1.165, 1.54) is 0 Å². The van der Waals surface area contributed by atoms with Gasteiger partial charge in [-0.05, 0) is 44.0 Å². The van der Waals surface area contributed by atoms with E-state index in [1.54, 1.807) is 0 Å². The van der Waals surface area contributed by atoms with E-state index in [9.17, 15) is 5.11 Å². The zero-order valence-electron chi connectivity index (χ0n) is 9.46. The van der Waals surface area contributed by atoms with Crippen LogP contribution in [0.4, 0.5) is 0 Å². The molecule has 0 amide bonds. The molecule has 4 heteroatoms. The van der Waals surface area contributed by atoms with Crippen LogP contribution in [-0.2, 0) is 6.42 Å². The van der Waals surface area contributed by atoms with Crippen molar-refractivity contribution in [1.82, 2.24) is 10.3 Å². The van der Waals surface area contributed by atoms with E-state index in [0.29, 0.717) is 18.1 Å². The summed E-state index contributed by atoms with van der Waals surface area (Å²) in [6, 6.07) is 3.82. The predicted molar refractivity (Wildman–Crippen MR) is 64.7 cm³/mol. The lowest BCUT2D eigenvalue weighted by atomic mass is 9.88. The summed E-state index contributed by atoms with van der Waals surface area (Å²) in [6.07, 6.45) is 2.51. The van der Waals surface area contributed by atoms with Gasteiger partial charge in [0.2, 0.25) is 0 Å². The highest BCUT2D eigenvalue weighted by Crippen LogP contribution is 2.22. The number of nitrogens with one attached hydrogen (secondary N) is 1. The number of pyridine rings is 1. The topological polar surface area (TPSA) is 45.1 Å². The van der Waals surface area contributed by atoms with Crippen molar-refractivity contribution in [3.05, 3.63) is 28.5 Å². The van der Waals surface area contributed by atoms with Crippen LogP contribution in [0.2, 0.25) is 5.15 Å². The Morgan fingerprint density at radius 2 is 2.38 bits per heavy atom. The lowest BCUT2D eigenvalue weighted by molar-refractivity contribution is 0.0169. The summed E-state index contributed by atoms with van der Waals surface area (Å²) in [4.78, 5) is 4.12. The van der Waals surface area contributed by atoms with Crippen molar-refractivity contribution in [1.29, 1.82) is 0 Å². The lowest BCUT2D eigenvalue weighted by Crippen LogP contribution is -2.47. The van der Waals surface area contributed by atoms with E-state index in [1.807, 2.05) is 19.1 Å². The molecule has 1 aromatic heterocycles. The minimum atomic E-state index is -0.630. The highest BCUT2D eigenvalue weighted by Gasteiger charge is 2.29. The quantitative estimate of drug-likeness (QED) is 0.774. The van der Waals surface area contributed by atoms with Gasteiger partial charge in [-0.3, -0.25) is 0 Å². The first-order valence-electron chi connectivity index (χ1n) is 5.64. The van der Waals surface area contributed by atoms with Gasteiger partial charge in [0.15, 0.2) is 0 Å². The second-order valence-corrected chi connectivity index (χ2v) is 5.01. The molecule has 2 N–H and O–H groups in total. The van der Waals surface area contributed by atoms with Crippen molar-refractivity contribution in [3.8, 4) is 0 Å².